The maximum atomic E-state index is 12.6. The predicted octanol–water partition coefficient (Wildman–Crippen LogP) is 3.01. The fourth-order valence-corrected chi connectivity index (χ4v) is 6.43. The molecule has 1 N–H and O–H groups in total. The molecule has 1 saturated heterocycles. The zero-order chi connectivity index (χ0) is 26.0. The van der Waals surface area contributed by atoms with Gasteiger partial charge in [-0.2, -0.15) is 5.26 Å². The molecule has 1 fully saturated rings. The third kappa shape index (κ3) is 8.45. The van der Waals surface area contributed by atoms with Gasteiger partial charge in [0, 0.05) is 51.4 Å². The van der Waals surface area contributed by atoms with Crippen LogP contribution in [0.15, 0.2) is 33.7 Å². The molecular weight excluding hydrogens is 496 g/mol. The Labute approximate surface area is 206 Å². The van der Waals surface area contributed by atoms with Crippen molar-refractivity contribution in [3.63, 3.8) is 0 Å². The van der Waals surface area contributed by atoms with E-state index in [-0.39, 0.29) is 19.1 Å². The molecule has 1 aliphatic heterocycles. The third-order valence-corrected chi connectivity index (χ3v) is 9.33. The van der Waals surface area contributed by atoms with Crippen LogP contribution in [-0.4, -0.2) is 71.5 Å². The quantitative estimate of drug-likeness (QED) is 0.316. The van der Waals surface area contributed by atoms with Gasteiger partial charge in [0.1, 0.15) is 0 Å². The minimum Gasteiger partial charge on any atom is -0.349 e. The van der Waals surface area contributed by atoms with Gasteiger partial charge in [0.25, 0.3) is 5.56 Å². The van der Waals surface area contributed by atoms with Gasteiger partial charge in [-0.3, -0.25) is 18.9 Å². The molecular formula is C21H35N5O7P2. The zero-order valence-corrected chi connectivity index (χ0v) is 22.6. The summed E-state index contributed by atoms with van der Waals surface area (Å²) in [5.74, 6) is 1.35. The van der Waals surface area contributed by atoms with Crippen molar-refractivity contribution in [3.8, 4) is 6.07 Å². The van der Waals surface area contributed by atoms with E-state index in [1.54, 1.807) is 6.08 Å². The standard InChI is InChI=1S/C21H35N5O7P2/c1-6-26(17(2)3)34(32-14-7-11-22)24-12-8-18(10-15-35(29,30-4)31-5)33-20(16-24)25-13-9-19(27)23-21(25)28/h9-10,13,15,17-18,20H,6-8,12,14,16H2,1-5H3,(H,23,27,28)/b15-10+. The molecule has 0 aliphatic carbocycles. The summed E-state index contributed by atoms with van der Waals surface area (Å²) >= 11 is 0. The van der Waals surface area contributed by atoms with E-state index >= 15 is 0 Å². The molecule has 2 heterocycles. The van der Waals surface area contributed by atoms with Crippen molar-refractivity contribution in [1.29, 1.82) is 5.26 Å². The fraction of sp³-hybridized carbons (Fsp3) is 0.667. The van der Waals surface area contributed by atoms with Crippen LogP contribution >= 0.6 is 16.0 Å². The predicted molar refractivity (Wildman–Crippen MR) is 133 cm³/mol. The zero-order valence-electron chi connectivity index (χ0n) is 20.8. The normalized spacial score (nSPS) is 20.9. The van der Waals surface area contributed by atoms with Crippen molar-refractivity contribution in [3.05, 3.63) is 45.0 Å². The van der Waals surface area contributed by atoms with Crippen LogP contribution in [0, 0.1) is 11.3 Å². The summed E-state index contributed by atoms with van der Waals surface area (Å²) in [4.78, 5) is 26.5. The topological polar surface area (TPSA) is 139 Å². The molecule has 0 amide bonds. The molecule has 0 spiro atoms. The number of aromatic amines is 1. The molecule has 1 aliphatic rings. The van der Waals surface area contributed by atoms with Crippen molar-refractivity contribution in [1.82, 2.24) is 18.9 Å². The van der Waals surface area contributed by atoms with Gasteiger partial charge in [-0.25, -0.2) is 14.1 Å². The number of nitrogens with one attached hydrogen (secondary N) is 1. The average molecular weight is 531 g/mol. The van der Waals surface area contributed by atoms with Gasteiger partial charge in [-0.1, -0.05) is 6.92 Å². The largest absolute Gasteiger partial charge is 0.353 e. The number of H-pyrrole nitrogens is 1. The lowest BCUT2D eigenvalue weighted by molar-refractivity contribution is -0.0281. The van der Waals surface area contributed by atoms with E-state index in [1.807, 2.05) is 6.92 Å². The highest BCUT2D eigenvalue weighted by Gasteiger charge is 2.34. The van der Waals surface area contributed by atoms with Crippen LogP contribution in [0.25, 0.3) is 0 Å². The molecule has 2 rings (SSSR count). The Morgan fingerprint density at radius 1 is 1.40 bits per heavy atom. The summed E-state index contributed by atoms with van der Waals surface area (Å²) in [7, 11) is -2.09. The Kier molecular flexibility index (Phi) is 12.0. The van der Waals surface area contributed by atoms with Crippen molar-refractivity contribution in [2.24, 2.45) is 0 Å². The summed E-state index contributed by atoms with van der Waals surface area (Å²) < 4.78 is 40.5. The Hall–Kier alpha value is -1.67. The molecule has 35 heavy (non-hydrogen) atoms. The van der Waals surface area contributed by atoms with Gasteiger partial charge < -0.3 is 18.3 Å². The molecule has 12 nitrogen and oxygen atoms in total. The monoisotopic (exact) mass is 531 g/mol. The Morgan fingerprint density at radius 3 is 2.69 bits per heavy atom. The summed E-state index contributed by atoms with van der Waals surface area (Å²) in [6.07, 6.45) is 2.48. The van der Waals surface area contributed by atoms with Crippen molar-refractivity contribution in [2.45, 2.75) is 52.0 Å². The lowest BCUT2D eigenvalue weighted by atomic mass is 10.2. The molecule has 3 atom stereocenters. The summed E-state index contributed by atoms with van der Waals surface area (Å²) in [6, 6.07) is 3.54. The summed E-state index contributed by atoms with van der Waals surface area (Å²) in [5.41, 5.74) is -1.11. The second kappa shape index (κ2) is 14.2. The van der Waals surface area contributed by atoms with E-state index in [9.17, 15) is 14.2 Å². The van der Waals surface area contributed by atoms with Crippen molar-refractivity contribution >= 4 is 16.0 Å². The maximum Gasteiger partial charge on any atom is 0.353 e. The van der Waals surface area contributed by atoms with Crippen LogP contribution in [0.5, 0.6) is 0 Å². The van der Waals surface area contributed by atoms with Crippen LogP contribution in [0.3, 0.4) is 0 Å². The van der Waals surface area contributed by atoms with Crippen LogP contribution in [-0.2, 0) is 22.9 Å². The minimum absolute atomic E-state index is 0.177. The SMILES string of the molecule is CCN(C(C)C)P(OCCC#N)N1CCC(/C=C/P(=O)(OC)OC)OC(n2ccc(=O)[nH]c2=O)C1. The highest BCUT2D eigenvalue weighted by molar-refractivity contribution is 7.57. The molecule has 1 aromatic heterocycles. The third-order valence-electron chi connectivity index (χ3n) is 5.33. The van der Waals surface area contributed by atoms with Gasteiger partial charge in [-0.05, 0) is 26.3 Å². The highest BCUT2D eigenvalue weighted by Crippen LogP contribution is 2.50. The first kappa shape index (κ1) is 29.6. The smallest absolute Gasteiger partial charge is 0.349 e. The van der Waals surface area contributed by atoms with Gasteiger partial charge in [0.2, 0.25) is 0 Å². The van der Waals surface area contributed by atoms with Crippen molar-refractivity contribution in [2.75, 3.05) is 40.5 Å². The first-order valence-electron chi connectivity index (χ1n) is 11.4. The fourth-order valence-electron chi connectivity index (χ4n) is 3.54. The second-order valence-electron chi connectivity index (χ2n) is 7.94. The van der Waals surface area contributed by atoms with E-state index in [0.717, 1.165) is 6.54 Å². The summed E-state index contributed by atoms with van der Waals surface area (Å²) in [6.45, 7) is 8.04. The second-order valence-corrected chi connectivity index (χ2v) is 11.9. The van der Waals surface area contributed by atoms with E-state index in [1.165, 1.54) is 36.9 Å². The number of rotatable bonds is 12. The molecule has 0 saturated carbocycles. The molecule has 0 aromatic carbocycles. The molecule has 196 valence electrons. The van der Waals surface area contributed by atoms with Gasteiger partial charge >= 0.3 is 13.3 Å². The number of aromatic nitrogens is 2. The number of nitrogens with zero attached hydrogens (tertiary/aromatic N) is 4. The number of hydrogen-bond donors (Lipinski definition) is 1. The van der Waals surface area contributed by atoms with E-state index < -0.39 is 39.6 Å². The molecule has 0 radical (unpaired) electrons. The van der Waals surface area contributed by atoms with Crippen LogP contribution in [0.4, 0.5) is 0 Å². The highest BCUT2D eigenvalue weighted by atomic mass is 31.2. The minimum atomic E-state index is -3.41. The van der Waals surface area contributed by atoms with Crippen LogP contribution in [0.2, 0.25) is 0 Å². The number of nitriles is 1. The van der Waals surface area contributed by atoms with Gasteiger partial charge in [-0.15, -0.1) is 0 Å². The number of ether oxygens (including phenoxy) is 1. The first-order chi connectivity index (χ1) is 16.7. The maximum absolute atomic E-state index is 12.6. The molecule has 0 bridgehead atoms. The van der Waals surface area contributed by atoms with E-state index in [2.05, 4.69) is 34.2 Å². The molecule has 14 heteroatoms. The Bertz CT molecular complexity index is 1030. The molecule has 3 unspecified atom stereocenters. The van der Waals surface area contributed by atoms with E-state index in [4.69, 9.17) is 23.6 Å². The lowest BCUT2D eigenvalue weighted by Gasteiger charge is -2.39. The Balaban J connectivity index is 2.44. The van der Waals surface area contributed by atoms with Crippen LogP contribution in [0.1, 0.15) is 39.8 Å². The van der Waals surface area contributed by atoms with Gasteiger partial charge in [0.05, 0.1) is 31.7 Å². The van der Waals surface area contributed by atoms with Crippen molar-refractivity contribution < 1.29 is 22.9 Å². The number of hydrogen-bond acceptors (Lipinski definition) is 10. The van der Waals surface area contributed by atoms with Gasteiger partial charge in [0.15, 0.2) is 14.7 Å². The first-order valence-corrected chi connectivity index (χ1v) is 14.1. The lowest BCUT2D eigenvalue weighted by Crippen LogP contribution is -2.39. The Morgan fingerprint density at radius 2 is 2.11 bits per heavy atom. The van der Waals surface area contributed by atoms with Crippen LogP contribution < -0.4 is 11.2 Å². The average Bonchev–Trinajstić information content (AvgIpc) is 3.04. The molecule has 1 aromatic rings. The summed E-state index contributed by atoms with van der Waals surface area (Å²) in [5, 5.41) is 9.00. The van der Waals surface area contributed by atoms with E-state index in [0.29, 0.717) is 19.5 Å².